The molecule has 0 unspecified atom stereocenters. The molecule has 10 heteroatoms. The Morgan fingerprint density at radius 3 is 2.48 bits per heavy atom. The maximum Gasteiger partial charge on any atom is 0.264 e. The molecule has 2 aromatic heterocycles. The highest BCUT2D eigenvalue weighted by Gasteiger charge is 2.32. The number of carbonyl (C=O) groups is 1. The average Bonchev–Trinajstić information content (AvgIpc) is 3.32. The van der Waals surface area contributed by atoms with E-state index in [1.54, 1.807) is 18.3 Å². The molecule has 0 atom stereocenters. The molecule has 1 amide bonds. The zero-order valence-corrected chi connectivity index (χ0v) is 24.1. The highest BCUT2D eigenvalue weighted by molar-refractivity contribution is 7.92. The number of anilines is 2. The van der Waals surface area contributed by atoms with Gasteiger partial charge in [-0.15, -0.1) is 0 Å². The number of ether oxygens (including phenoxy) is 1. The lowest BCUT2D eigenvalue weighted by molar-refractivity contribution is -0.114. The molecule has 40 heavy (non-hydrogen) atoms. The molecular formula is C30H35N5O4S. The summed E-state index contributed by atoms with van der Waals surface area (Å²) in [6, 6.07) is 17.7. The molecule has 1 N–H and O–H groups in total. The first-order valence-corrected chi connectivity index (χ1v) is 14.9. The number of nitrogens with zero attached hydrogens (tertiary/aromatic N) is 4. The van der Waals surface area contributed by atoms with Crippen molar-refractivity contribution < 1.29 is 17.9 Å². The summed E-state index contributed by atoms with van der Waals surface area (Å²) in [6.07, 6.45) is 3.77. The molecule has 4 aromatic rings. The van der Waals surface area contributed by atoms with E-state index in [-0.39, 0.29) is 10.8 Å². The molecule has 1 saturated heterocycles. The van der Waals surface area contributed by atoms with Gasteiger partial charge in [-0.25, -0.2) is 13.4 Å². The molecule has 1 aliphatic rings. The summed E-state index contributed by atoms with van der Waals surface area (Å²) in [5, 5.41) is 2.66. The van der Waals surface area contributed by atoms with Gasteiger partial charge in [-0.1, -0.05) is 6.07 Å². The summed E-state index contributed by atoms with van der Waals surface area (Å²) in [5.74, 6) is 1.14. The maximum atomic E-state index is 13.5. The second-order valence-electron chi connectivity index (χ2n) is 10.8. The number of carbonyl (C=O) groups excluding carboxylic acids is 1. The Bertz CT molecular complexity index is 1610. The van der Waals surface area contributed by atoms with Crippen molar-refractivity contribution in [3.8, 4) is 0 Å². The van der Waals surface area contributed by atoms with Gasteiger partial charge in [0, 0.05) is 45.6 Å². The first kappa shape index (κ1) is 27.8. The van der Waals surface area contributed by atoms with Crippen LogP contribution in [0.1, 0.15) is 45.1 Å². The van der Waals surface area contributed by atoms with Crippen LogP contribution < -0.4 is 9.62 Å². The number of rotatable bonds is 8. The van der Waals surface area contributed by atoms with Crippen LogP contribution in [-0.4, -0.2) is 49.1 Å². The molecule has 1 fully saturated rings. The van der Waals surface area contributed by atoms with Crippen molar-refractivity contribution in [2.75, 3.05) is 29.9 Å². The van der Waals surface area contributed by atoms with Crippen molar-refractivity contribution in [2.45, 2.75) is 50.5 Å². The van der Waals surface area contributed by atoms with Crippen LogP contribution in [0.5, 0.6) is 0 Å². The first-order valence-electron chi connectivity index (χ1n) is 13.4. The number of sulfonamides is 1. The Kier molecular flexibility index (Phi) is 7.65. The summed E-state index contributed by atoms with van der Waals surface area (Å²) >= 11 is 0. The third kappa shape index (κ3) is 5.46. The van der Waals surface area contributed by atoms with E-state index in [0.29, 0.717) is 17.3 Å². The van der Waals surface area contributed by atoms with Crippen molar-refractivity contribution in [1.82, 2.24) is 14.5 Å². The quantitative estimate of drug-likeness (QED) is 0.326. The predicted molar refractivity (Wildman–Crippen MR) is 156 cm³/mol. The third-order valence-corrected chi connectivity index (χ3v) is 9.37. The molecule has 0 bridgehead atoms. The van der Waals surface area contributed by atoms with Gasteiger partial charge >= 0.3 is 0 Å². The lowest BCUT2D eigenvalue weighted by atomic mass is 9.87. The average molecular weight is 562 g/mol. The third-order valence-electron chi connectivity index (χ3n) is 7.57. The van der Waals surface area contributed by atoms with Gasteiger partial charge in [0.15, 0.2) is 0 Å². The highest BCUT2D eigenvalue weighted by Crippen LogP contribution is 2.35. The highest BCUT2D eigenvalue weighted by atomic mass is 32.2. The van der Waals surface area contributed by atoms with E-state index in [2.05, 4.69) is 28.7 Å². The number of imidazole rings is 1. The second kappa shape index (κ2) is 11.0. The van der Waals surface area contributed by atoms with E-state index in [1.807, 2.05) is 36.4 Å². The first-order chi connectivity index (χ1) is 19.1. The zero-order valence-electron chi connectivity index (χ0n) is 23.3. The molecule has 0 saturated carbocycles. The van der Waals surface area contributed by atoms with E-state index in [0.717, 1.165) is 55.2 Å². The minimum absolute atomic E-state index is 0.131. The van der Waals surface area contributed by atoms with Gasteiger partial charge < -0.3 is 14.6 Å². The minimum atomic E-state index is -3.84. The monoisotopic (exact) mass is 561 g/mol. The second-order valence-corrected chi connectivity index (χ2v) is 12.8. The molecule has 3 heterocycles. The predicted octanol–water partition coefficient (Wildman–Crippen LogP) is 4.97. The fourth-order valence-corrected chi connectivity index (χ4v) is 6.41. The van der Waals surface area contributed by atoms with Gasteiger partial charge in [-0.3, -0.25) is 14.1 Å². The standard InChI is InChI=1S/C30H35N5O4S/c1-21(36)32-23-8-11-25(12-9-23)40(37,38)34(4)24-10-13-27-26(19-24)33-29(30(2,3)28-7-5-6-16-31-28)35(27)20-22-14-17-39-18-15-22/h5-13,16,19,22H,14-15,17-18,20H2,1-4H3,(H,32,36). The molecule has 1 aliphatic heterocycles. The molecule has 5 rings (SSSR count). The Labute approximate surface area is 235 Å². The van der Waals surface area contributed by atoms with E-state index in [9.17, 15) is 13.2 Å². The van der Waals surface area contributed by atoms with E-state index >= 15 is 0 Å². The fourth-order valence-electron chi connectivity index (χ4n) is 5.22. The topological polar surface area (TPSA) is 106 Å². The summed E-state index contributed by atoms with van der Waals surface area (Å²) in [5.41, 5.74) is 3.18. The van der Waals surface area contributed by atoms with E-state index in [4.69, 9.17) is 9.72 Å². The Balaban J connectivity index is 1.53. The molecule has 210 valence electrons. The van der Waals surface area contributed by atoms with Crippen molar-refractivity contribution in [3.05, 3.63) is 78.4 Å². The van der Waals surface area contributed by atoms with E-state index < -0.39 is 15.4 Å². The van der Waals surface area contributed by atoms with Gasteiger partial charge in [0.2, 0.25) is 5.91 Å². The van der Waals surface area contributed by atoms with Gasteiger partial charge in [-0.05, 0) is 87.2 Å². The van der Waals surface area contributed by atoms with Crippen LogP contribution in [-0.2, 0) is 31.5 Å². The minimum Gasteiger partial charge on any atom is -0.381 e. The largest absolute Gasteiger partial charge is 0.381 e. The lowest BCUT2D eigenvalue weighted by Gasteiger charge is -2.28. The van der Waals surface area contributed by atoms with Crippen molar-refractivity contribution in [2.24, 2.45) is 5.92 Å². The summed E-state index contributed by atoms with van der Waals surface area (Å²) in [7, 11) is -2.30. The number of hydrogen-bond acceptors (Lipinski definition) is 6. The number of amides is 1. The summed E-state index contributed by atoms with van der Waals surface area (Å²) in [4.78, 5) is 21.2. The summed E-state index contributed by atoms with van der Waals surface area (Å²) in [6.45, 7) is 7.98. The lowest BCUT2D eigenvalue weighted by Crippen LogP contribution is -2.28. The van der Waals surface area contributed by atoms with Gasteiger partial charge in [0.05, 0.1) is 32.7 Å². The van der Waals surface area contributed by atoms with Gasteiger partial charge in [0.1, 0.15) is 5.82 Å². The van der Waals surface area contributed by atoms with Gasteiger partial charge in [0.25, 0.3) is 10.0 Å². The van der Waals surface area contributed by atoms with Crippen LogP contribution in [0.4, 0.5) is 11.4 Å². The van der Waals surface area contributed by atoms with E-state index in [1.165, 1.54) is 30.4 Å². The number of fused-ring (bicyclic) bond motifs is 1. The molecular weight excluding hydrogens is 526 g/mol. The fraction of sp³-hybridized carbons (Fsp3) is 0.367. The molecule has 9 nitrogen and oxygen atoms in total. The number of benzene rings is 2. The maximum absolute atomic E-state index is 13.5. The van der Waals surface area contributed by atoms with Crippen LogP contribution in [0.2, 0.25) is 0 Å². The van der Waals surface area contributed by atoms with Crippen LogP contribution >= 0.6 is 0 Å². The van der Waals surface area contributed by atoms with Crippen LogP contribution in [0.3, 0.4) is 0 Å². The number of nitrogens with one attached hydrogen (secondary N) is 1. The number of aromatic nitrogens is 3. The summed E-state index contributed by atoms with van der Waals surface area (Å²) < 4.78 is 36.1. The molecule has 0 radical (unpaired) electrons. The van der Waals surface area contributed by atoms with Crippen molar-refractivity contribution >= 4 is 38.3 Å². The normalized spacial score (nSPS) is 14.8. The molecule has 0 aliphatic carbocycles. The van der Waals surface area contributed by atoms with Crippen molar-refractivity contribution in [1.29, 1.82) is 0 Å². The SMILES string of the molecule is CC(=O)Nc1ccc(S(=O)(=O)N(C)c2ccc3c(c2)nc(C(C)(C)c2ccccn2)n3CC2CCOCC2)cc1. The number of hydrogen-bond donors (Lipinski definition) is 1. The van der Waals surface area contributed by atoms with Crippen LogP contribution in [0.15, 0.2) is 71.8 Å². The molecule has 2 aromatic carbocycles. The van der Waals surface area contributed by atoms with Gasteiger partial charge in [-0.2, -0.15) is 0 Å². The molecule has 0 spiro atoms. The van der Waals surface area contributed by atoms with Crippen molar-refractivity contribution in [3.63, 3.8) is 0 Å². The number of pyridine rings is 1. The Morgan fingerprint density at radius 1 is 1.10 bits per heavy atom. The smallest absolute Gasteiger partial charge is 0.264 e. The Morgan fingerprint density at radius 2 is 1.82 bits per heavy atom. The van der Waals surface area contributed by atoms with Crippen LogP contribution in [0, 0.1) is 5.92 Å². The zero-order chi connectivity index (χ0) is 28.5. The van der Waals surface area contributed by atoms with Crippen LogP contribution in [0.25, 0.3) is 11.0 Å². The Hall–Kier alpha value is -3.76.